The van der Waals surface area contributed by atoms with Crippen LogP contribution in [0.15, 0.2) is 29.3 Å². The van der Waals surface area contributed by atoms with Crippen molar-refractivity contribution < 1.29 is 4.79 Å². The fourth-order valence-electron chi connectivity index (χ4n) is 1.94. The van der Waals surface area contributed by atoms with Gasteiger partial charge in [-0.2, -0.15) is 0 Å². The van der Waals surface area contributed by atoms with Crippen molar-refractivity contribution in [3.63, 3.8) is 0 Å². The number of benzene rings is 1. The third-order valence-electron chi connectivity index (χ3n) is 3.17. The van der Waals surface area contributed by atoms with Crippen molar-refractivity contribution >= 4 is 11.9 Å². The molecule has 0 aliphatic heterocycles. The van der Waals surface area contributed by atoms with E-state index in [0.717, 1.165) is 43.9 Å². The molecule has 0 aliphatic rings. The van der Waals surface area contributed by atoms with E-state index in [4.69, 9.17) is 0 Å². The van der Waals surface area contributed by atoms with E-state index in [1.165, 1.54) is 0 Å². The lowest BCUT2D eigenvalue weighted by molar-refractivity contribution is 0.0963. The maximum Gasteiger partial charge on any atom is 0.251 e. The third-order valence-corrected chi connectivity index (χ3v) is 3.17. The minimum atomic E-state index is -0.0538. The van der Waals surface area contributed by atoms with Gasteiger partial charge in [0.1, 0.15) is 0 Å². The van der Waals surface area contributed by atoms with Crippen molar-refractivity contribution in [1.29, 1.82) is 0 Å². The van der Waals surface area contributed by atoms with Crippen molar-refractivity contribution in [2.75, 3.05) is 27.2 Å². The van der Waals surface area contributed by atoms with E-state index >= 15 is 0 Å². The molecule has 0 heterocycles. The lowest BCUT2D eigenvalue weighted by Crippen LogP contribution is -2.38. The summed E-state index contributed by atoms with van der Waals surface area (Å²) in [5, 5.41) is 9.18. The van der Waals surface area contributed by atoms with Crippen LogP contribution in [0.4, 0.5) is 0 Å². The van der Waals surface area contributed by atoms with Gasteiger partial charge in [0.2, 0.25) is 0 Å². The first kappa shape index (κ1) is 17.0. The molecule has 0 saturated carbocycles. The Morgan fingerprint density at radius 2 is 2.00 bits per heavy atom. The van der Waals surface area contributed by atoms with Gasteiger partial charge in [-0.1, -0.05) is 25.5 Å². The van der Waals surface area contributed by atoms with Gasteiger partial charge in [0.15, 0.2) is 5.96 Å². The molecule has 0 unspecified atom stereocenters. The summed E-state index contributed by atoms with van der Waals surface area (Å²) in [7, 11) is 3.41. The summed E-state index contributed by atoms with van der Waals surface area (Å²) in [5.74, 6) is 0.771. The van der Waals surface area contributed by atoms with Crippen LogP contribution < -0.4 is 16.0 Å². The maximum atomic E-state index is 11.6. The van der Waals surface area contributed by atoms with E-state index in [2.05, 4.69) is 27.9 Å². The number of guanidine groups is 1. The highest BCUT2D eigenvalue weighted by Crippen LogP contribution is 2.05. The van der Waals surface area contributed by atoms with Gasteiger partial charge >= 0.3 is 0 Å². The number of amides is 1. The van der Waals surface area contributed by atoms with Gasteiger partial charge in [0.05, 0.1) is 0 Å². The number of hydrogen-bond acceptors (Lipinski definition) is 2. The predicted octanol–water partition coefficient (Wildman–Crippen LogP) is 1.55. The molecule has 21 heavy (non-hydrogen) atoms. The molecular weight excluding hydrogens is 264 g/mol. The minimum absolute atomic E-state index is 0.0538. The second kappa shape index (κ2) is 9.80. The number of carbonyl (C=O) groups excluding carboxylic acids is 1. The van der Waals surface area contributed by atoms with E-state index in [1.54, 1.807) is 14.1 Å². The second-order valence-corrected chi connectivity index (χ2v) is 4.81. The molecule has 0 radical (unpaired) electrons. The Labute approximate surface area is 127 Å². The second-order valence-electron chi connectivity index (χ2n) is 4.81. The Bertz CT molecular complexity index is 471. The molecule has 3 N–H and O–H groups in total. The molecule has 0 aromatic heterocycles. The first-order valence-electron chi connectivity index (χ1n) is 7.46. The van der Waals surface area contributed by atoms with Gasteiger partial charge < -0.3 is 16.0 Å². The zero-order valence-electron chi connectivity index (χ0n) is 13.2. The highest BCUT2D eigenvalue weighted by molar-refractivity contribution is 5.94. The lowest BCUT2D eigenvalue weighted by Gasteiger charge is -2.11. The first-order chi connectivity index (χ1) is 10.2. The zero-order chi connectivity index (χ0) is 15.5. The van der Waals surface area contributed by atoms with E-state index in [1.807, 2.05) is 24.3 Å². The van der Waals surface area contributed by atoms with Crippen molar-refractivity contribution in [3.8, 4) is 0 Å². The van der Waals surface area contributed by atoms with Crippen LogP contribution in [0, 0.1) is 0 Å². The van der Waals surface area contributed by atoms with Crippen molar-refractivity contribution in [2.45, 2.75) is 26.2 Å². The highest BCUT2D eigenvalue weighted by Gasteiger charge is 2.03. The van der Waals surface area contributed by atoms with Gasteiger partial charge in [0, 0.05) is 32.7 Å². The molecule has 5 nitrogen and oxygen atoms in total. The van der Waals surface area contributed by atoms with E-state index < -0.39 is 0 Å². The molecule has 5 heteroatoms. The quantitative estimate of drug-likeness (QED) is 0.405. The first-order valence-corrected chi connectivity index (χ1v) is 7.46. The van der Waals surface area contributed by atoms with E-state index in [9.17, 15) is 4.79 Å². The third kappa shape index (κ3) is 6.29. The van der Waals surface area contributed by atoms with Crippen molar-refractivity contribution in [3.05, 3.63) is 35.4 Å². The van der Waals surface area contributed by atoms with Gasteiger partial charge in [-0.25, -0.2) is 0 Å². The van der Waals surface area contributed by atoms with Gasteiger partial charge in [-0.15, -0.1) is 0 Å². The summed E-state index contributed by atoms with van der Waals surface area (Å²) in [5.41, 5.74) is 1.83. The summed E-state index contributed by atoms with van der Waals surface area (Å²) >= 11 is 0. The fraction of sp³-hybridized carbons (Fsp3) is 0.500. The Morgan fingerprint density at radius 1 is 1.24 bits per heavy atom. The smallest absolute Gasteiger partial charge is 0.251 e. The number of hydrogen-bond donors (Lipinski definition) is 3. The molecule has 1 aromatic rings. The number of carbonyl (C=O) groups is 1. The molecule has 1 amide bonds. The average molecular weight is 290 g/mol. The van der Waals surface area contributed by atoms with Crippen LogP contribution in [-0.4, -0.2) is 39.1 Å². The molecule has 0 bridgehead atoms. The fourth-order valence-corrected chi connectivity index (χ4v) is 1.94. The van der Waals surface area contributed by atoms with Gasteiger partial charge in [-0.3, -0.25) is 9.79 Å². The van der Waals surface area contributed by atoms with E-state index in [-0.39, 0.29) is 5.91 Å². The Kier molecular flexibility index (Phi) is 7.94. The standard InChI is InChI=1S/C16H26N4O/c1-4-5-10-19-16(18-3)20-11-9-13-7-6-8-14(12-13)15(21)17-2/h6-8,12H,4-5,9-11H2,1-3H3,(H,17,21)(H2,18,19,20). The average Bonchev–Trinajstić information content (AvgIpc) is 2.53. The molecule has 0 atom stereocenters. The molecule has 0 saturated heterocycles. The van der Waals surface area contributed by atoms with Crippen LogP contribution in [0.25, 0.3) is 0 Å². The Balaban J connectivity index is 2.42. The lowest BCUT2D eigenvalue weighted by atomic mass is 10.1. The monoisotopic (exact) mass is 290 g/mol. The summed E-state index contributed by atoms with van der Waals surface area (Å²) in [6.07, 6.45) is 3.14. The maximum absolute atomic E-state index is 11.6. The SMILES string of the molecule is CCCCNC(=NC)NCCc1cccc(C(=O)NC)c1. The summed E-state index contributed by atoms with van der Waals surface area (Å²) in [6.45, 7) is 3.88. The van der Waals surface area contributed by atoms with Crippen LogP contribution in [0.2, 0.25) is 0 Å². The molecule has 1 rings (SSSR count). The molecule has 0 fully saturated rings. The Hall–Kier alpha value is -2.04. The van der Waals surface area contributed by atoms with Gasteiger partial charge in [0.25, 0.3) is 5.91 Å². The van der Waals surface area contributed by atoms with Gasteiger partial charge in [-0.05, 0) is 30.5 Å². The zero-order valence-corrected chi connectivity index (χ0v) is 13.2. The largest absolute Gasteiger partial charge is 0.356 e. The summed E-state index contributed by atoms with van der Waals surface area (Å²) < 4.78 is 0. The number of aliphatic imine (C=N–C) groups is 1. The highest BCUT2D eigenvalue weighted by atomic mass is 16.1. The number of nitrogens with zero attached hydrogens (tertiary/aromatic N) is 1. The molecular formula is C16H26N4O. The molecule has 1 aromatic carbocycles. The number of unbranched alkanes of at least 4 members (excludes halogenated alkanes) is 1. The van der Waals surface area contributed by atoms with Crippen LogP contribution in [0.1, 0.15) is 35.7 Å². The number of nitrogens with one attached hydrogen (secondary N) is 3. The molecule has 0 spiro atoms. The van der Waals surface area contributed by atoms with Crippen molar-refractivity contribution in [1.82, 2.24) is 16.0 Å². The predicted molar refractivity (Wildman–Crippen MR) is 87.8 cm³/mol. The van der Waals surface area contributed by atoms with Crippen LogP contribution >= 0.6 is 0 Å². The normalized spacial score (nSPS) is 11.1. The van der Waals surface area contributed by atoms with E-state index in [0.29, 0.717) is 5.56 Å². The van der Waals surface area contributed by atoms with Crippen LogP contribution in [0.3, 0.4) is 0 Å². The molecule has 116 valence electrons. The minimum Gasteiger partial charge on any atom is -0.356 e. The van der Waals surface area contributed by atoms with Crippen LogP contribution in [0.5, 0.6) is 0 Å². The van der Waals surface area contributed by atoms with Crippen molar-refractivity contribution in [2.24, 2.45) is 4.99 Å². The summed E-state index contributed by atoms with van der Waals surface area (Å²) in [6, 6.07) is 7.68. The number of rotatable bonds is 7. The topological polar surface area (TPSA) is 65.5 Å². The molecule has 0 aliphatic carbocycles. The summed E-state index contributed by atoms with van der Waals surface area (Å²) in [4.78, 5) is 15.8. The van der Waals surface area contributed by atoms with Crippen LogP contribution in [-0.2, 0) is 6.42 Å². The Morgan fingerprint density at radius 3 is 2.67 bits per heavy atom.